The van der Waals surface area contributed by atoms with Crippen molar-refractivity contribution >= 4 is 65.5 Å². The van der Waals surface area contributed by atoms with Crippen LogP contribution in [0.2, 0.25) is 0 Å². The van der Waals surface area contributed by atoms with Crippen LogP contribution in [0.4, 0.5) is 0 Å². The van der Waals surface area contributed by atoms with Crippen molar-refractivity contribution in [2.75, 3.05) is 0 Å². The highest BCUT2D eigenvalue weighted by Gasteiger charge is 2.39. The summed E-state index contributed by atoms with van der Waals surface area (Å²) in [6.45, 7) is 11.5. The molecule has 1 aromatic heterocycles. The van der Waals surface area contributed by atoms with E-state index in [0.29, 0.717) is 0 Å². The van der Waals surface area contributed by atoms with Crippen molar-refractivity contribution in [3.8, 4) is 16.8 Å². The van der Waals surface area contributed by atoms with Gasteiger partial charge in [0.05, 0.1) is 11.0 Å². The van der Waals surface area contributed by atoms with E-state index in [0.717, 1.165) is 33.8 Å². The molecule has 0 spiro atoms. The lowest BCUT2D eigenvalue weighted by Gasteiger charge is -2.24. The second-order valence-electron chi connectivity index (χ2n) is 16.5. The van der Waals surface area contributed by atoms with Crippen LogP contribution in [0.25, 0.3) is 76.6 Å². The fourth-order valence-electron chi connectivity index (χ4n) is 9.86. The predicted octanol–water partition coefficient (Wildman–Crippen LogP) is 14.3. The Labute approximate surface area is 344 Å². The number of hydrogen-bond acceptors (Lipinski definition) is 2. The lowest BCUT2D eigenvalue weighted by atomic mass is 9.80. The van der Waals surface area contributed by atoms with Gasteiger partial charge in [-0.3, -0.25) is 4.99 Å². The molecule has 0 saturated carbocycles. The third kappa shape index (κ3) is 5.46. The van der Waals surface area contributed by atoms with Gasteiger partial charge in [0.2, 0.25) is 0 Å². The molecule has 1 aliphatic rings. The van der Waals surface area contributed by atoms with Gasteiger partial charge in [0, 0.05) is 33.3 Å². The third-order valence-corrected chi connectivity index (χ3v) is 12.7. The first-order chi connectivity index (χ1) is 28.9. The van der Waals surface area contributed by atoms with E-state index in [2.05, 4.69) is 207 Å². The second kappa shape index (κ2) is 13.4. The zero-order valence-corrected chi connectivity index (χ0v) is 33.5. The number of benzene rings is 9. The van der Waals surface area contributed by atoms with Gasteiger partial charge in [0.15, 0.2) is 0 Å². The van der Waals surface area contributed by atoms with Crippen molar-refractivity contribution in [3.63, 3.8) is 0 Å². The Balaban J connectivity index is 1.08. The standard InChI is InChI=1S/C56H43N3/c1-35(37-18-7-5-8-19-37)57-55(38-20-9-6-10-21-38)58-36(2)39-22-17-23-40(32-39)59-52-29-16-15-28-45(52)47-31-30-46-50-33-48-43-26-13-11-24-41(43)42-25-12-14-27-44(42)49(48)34-51(50)56(3,4)53(46)54(47)59/h5-34,55,58H,2H2,1,3-4H3. The molecule has 1 heterocycles. The van der Waals surface area contributed by atoms with Gasteiger partial charge in [0.25, 0.3) is 0 Å². The normalized spacial score (nSPS) is 13.9. The Morgan fingerprint density at radius 1 is 0.542 bits per heavy atom. The molecule has 1 aliphatic carbocycles. The molecular weight excluding hydrogens is 715 g/mol. The minimum Gasteiger partial charge on any atom is -0.360 e. The minimum absolute atomic E-state index is 0.266. The number of hydrogen-bond donors (Lipinski definition) is 1. The highest BCUT2D eigenvalue weighted by atomic mass is 15.1. The molecule has 10 aromatic rings. The van der Waals surface area contributed by atoms with Gasteiger partial charge in [0.1, 0.15) is 6.17 Å². The van der Waals surface area contributed by atoms with E-state index in [9.17, 15) is 0 Å². The maximum atomic E-state index is 5.20. The molecule has 59 heavy (non-hydrogen) atoms. The molecule has 0 bridgehead atoms. The average Bonchev–Trinajstić information content (AvgIpc) is 3.74. The molecule has 0 radical (unpaired) electrons. The van der Waals surface area contributed by atoms with Gasteiger partial charge in [-0.2, -0.15) is 0 Å². The molecular formula is C56H43N3. The maximum Gasteiger partial charge on any atom is 0.145 e. The van der Waals surface area contributed by atoms with Crippen molar-refractivity contribution < 1.29 is 0 Å². The van der Waals surface area contributed by atoms with Crippen molar-refractivity contribution in [3.05, 3.63) is 216 Å². The van der Waals surface area contributed by atoms with Gasteiger partial charge >= 0.3 is 0 Å². The highest BCUT2D eigenvalue weighted by molar-refractivity contribution is 6.26. The molecule has 1 unspecified atom stereocenters. The van der Waals surface area contributed by atoms with Crippen molar-refractivity contribution in [1.29, 1.82) is 0 Å². The van der Waals surface area contributed by atoms with Crippen LogP contribution in [0.15, 0.2) is 194 Å². The summed E-state index contributed by atoms with van der Waals surface area (Å²) in [4.78, 5) is 5.20. The van der Waals surface area contributed by atoms with Crippen LogP contribution in [0.3, 0.4) is 0 Å². The van der Waals surface area contributed by atoms with Crippen LogP contribution in [0, 0.1) is 0 Å². The van der Waals surface area contributed by atoms with E-state index in [1.165, 1.54) is 76.4 Å². The summed E-state index contributed by atoms with van der Waals surface area (Å²) in [5.74, 6) is 0. The topological polar surface area (TPSA) is 29.3 Å². The van der Waals surface area contributed by atoms with E-state index in [-0.39, 0.29) is 11.6 Å². The number of para-hydroxylation sites is 1. The third-order valence-electron chi connectivity index (χ3n) is 12.7. The Hall–Kier alpha value is -7.23. The van der Waals surface area contributed by atoms with E-state index >= 15 is 0 Å². The Bertz CT molecular complexity index is 3350. The lowest BCUT2D eigenvalue weighted by molar-refractivity contribution is 0.664. The number of nitrogens with zero attached hydrogens (tertiary/aromatic N) is 2. The number of nitrogens with one attached hydrogen (secondary N) is 1. The van der Waals surface area contributed by atoms with Gasteiger partial charge in [-0.05, 0) is 109 Å². The van der Waals surface area contributed by atoms with Crippen molar-refractivity contribution in [1.82, 2.24) is 9.88 Å². The molecule has 11 rings (SSSR count). The second-order valence-corrected chi connectivity index (χ2v) is 16.5. The summed E-state index contributed by atoms with van der Waals surface area (Å²) in [5.41, 5.74) is 13.6. The molecule has 0 amide bonds. The summed E-state index contributed by atoms with van der Waals surface area (Å²) in [6.07, 6.45) is -0.312. The SMILES string of the molecule is C=C(NC(N=C(C)c1ccccc1)c1ccccc1)c1cccc(-n2c3ccccc3c3ccc4c(c32)C(C)(C)c2cc3c5ccccc5c5ccccc5c3cc2-4)c1. The van der Waals surface area contributed by atoms with Gasteiger partial charge < -0.3 is 9.88 Å². The summed E-state index contributed by atoms with van der Waals surface area (Å²) in [5, 5.41) is 14.0. The number of aliphatic imine (C=N–C) groups is 1. The largest absolute Gasteiger partial charge is 0.360 e. The molecule has 3 heteroatoms. The van der Waals surface area contributed by atoms with Crippen molar-refractivity contribution in [2.45, 2.75) is 32.4 Å². The van der Waals surface area contributed by atoms with Crippen LogP contribution < -0.4 is 5.32 Å². The monoisotopic (exact) mass is 757 g/mol. The molecule has 1 N–H and O–H groups in total. The molecule has 282 valence electrons. The van der Waals surface area contributed by atoms with Gasteiger partial charge in [-0.15, -0.1) is 0 Å². The highest BCUT2D eigenvalue weighted by Crippen LogP contribution is 2.55. The predicted molar refractivity (Wildman–Crippen MR) is 251 cm³/mol. The summed E-state index contributed by atoms with van der Waals surface area (Å²) >= 11 is 0. The van der Waals surface area contributed by atoms with E-state index in [4.69, 9.17) is 4.99 Å². The first kappa shape index (κ1) is 35.0. The molecule has 3 nitrogen and oxygen atoms in total. The quantitative estimate of drug-likeness (QED) is 0.127. The maximum absolute atomic E-state index is 5.20. The Morgan fingerprint density at radius 2 is 1.12 bits per heavy atom. The number of rotatable bonds is 7. The summed E-state index contributed by atoms with van der Waals surface area (Å²) < 4.78 is 2.49. The van der Waals surface area contributed by atoms with E-state index in [1.54, 1.807) is 0 Å². The van der Waals surface area contributed by atoms with E-state index in [1.807, 2.05) is 12.1 Å². The first-order valence-electron chi connectivity index (χ1n) is 20.5. The molecule has 9 aromatic carbocycles. The summed E-state index contributed by atoms with van der Waals surface area (Å²) in [6, 6.07) is 65.9. The van der Waals surface area contributed by atoms with Crippen molar-refractivity contribution in [2.24, 2.45) is 4.99 Å². The van der Waals surface area contributed by atoms with Crippen LogP contribution in [-0.4, -0.2) is 10.3 Å². The lowest BCUT2D eigenvalue weighted by Crippen LogP contribution is -2.19. The summed E-state index contributed by atoms with van der Waals surface area (Å²) in [7, 11) is 0. The molecule has 1 atom stereocenters. The minimum atomic E-state index is -0.312. The number of aromatic nitrogens is 1. The average molecular weight is 758 g/mol. The molecule has 0 fully saturated rings. The fraction of sp³-hybridized carbons (Fsp3) is 0.0893. The molecule has 0 aliphatic heterocycles. The van der Waals surface area contributed by atoms with Gasteiger partial charge in [-0.25, -0.2) is 0 Å². The fourth-order valence-corrected chi connectivity index (χ4v) is 9.86. The van der Waals surface area contributed by atoms with E-state index < -0.39 is 0 Å². The zero-order valence-electron chi connectivity index (χ0n) is 33.5. The van der Waals surface area contributed by atoms with Gasteiger partial charge in [-0.1, -0.05) is 172 Å². The molecule has 0 saturated heterocycles. The smallest absolute Gasteiger partial charge is 0.145 e. The number of fused-ring (bicyclic) bond motifs is 13. The van der Waals surface area contributed by atoms with Crippen LogP contribution in [-0.2, 0) is 5.41 Å². The first-order valence-corrected chi connectivity index (χ1v) is 20.5. The Kier molecular flexibility index (Phi) is 7.96. The van der Waals surface area contributed by atoms with Crippen LogP contribution >= 0.6 is 0 Å². The Morgan fingerprint density at radius 3 is 1.81 bits per heavy atom. The van der Waals surface area contributed by atoms with Crippen LogP contribution in [0.5, 0.6) is 0 Å². The zero-order chi connectivity index (χ0) is 39.8. The van der Waals surface area contributed by atoms with Crippen LogP contribution in [0.1, 0.15) is 54.8 Å².